The van der Waals surface area contributed by atoms with Crippen molar-refractivity contribution in [1.82, 2.24) is 0 Å². The lowest BCUT2D eigenvalue weighted by molar-refractivity contribution is 0.0649. The van der Waals surface area contributed by atoms with Gasteiger partial charge in [0, 0.05) is 24.5 Å². The van der Waals surface area contributed by atoms with E-state index in [0.29, 0.717) is 0 Å². The van der Waals surface area contributed by atoms with Gasteiger partial charge >= 0.3 is 0 Å². The van der Waals surface area contributed by atoms with Crippen LogP contribution in [0.1, 0.15) is 39.2 Å². The number of nitrogens with one attached hydrogen (secondary N) is 1. The van der Waals surface area contributed by atoms with E-state index in [1.807, 2.05) is 20.8 Å². The highest BCUT2D eigenvalue weighted by atomic mass is 16.3. The molecule has 1 saturated heterocycles. The molecule has 1 unspecified atom stereocenters. The van der Waals surface area contributed by atoms with Crippen molar-refractivity contribution in [3.63, 3.8) is 0 Å². The number of hydrogen-bond acceptors (Lipinski definition) is 3. The Morgan fingerprint density at radius 3 is 2.42 bits per heavy atom. The van der Waals surface area contributed by atoms with E-state index in [0.717, 1.165) is 5.69 Å². The van der Waals surface area contributed by atoms with Crippen LogP contribution < -0.4 is 10.2 Å². The Balaban J connectivity index is 2.11. The summed E-state index contributed by atoms with van der Waals surface area (Å²) in [6.07, 6.45) is 2.60. The maximum atomic E-state index is 9.99. The molecule has 106 valence electrons. The minimum Gasteiger partial charge on any atom is -0.388 e. The average molecular weight is 262 g/mol. The van der Waals surface area contributed by atoms with Crippen molar-refractivity contribution >= 4 is 11.4 Å². The third-order valence-electron chi connectivity index (χ3n) is 4.11. The highest BCUT2D eigenvalue weighted by Crippen LogP contribution is 2.26. The molecule has 1 aliphatic heterocycles. The molecule has 3 nitrogen and oxygen atoms in total. The Bertz CT molecular complexity index is 431. The summed E-state index contributed by atoms with van der Waals surface area (Å²) in [6, 6.07) is 6.57. The topological polar surface area (TPSA) is 35.5 Å². The lowest BCUT2D eigenvalue weighted by Crippen LogP contribution is -2.39. The molecule has 1 atom stereocenters. The number of anilines is 2. The fourth-order valence-electron chi connectivity index (χ4n) is 2.39. The van der Waals surface area contributed by atoms with E-state index in [-0.39, 0.29) is 6.04 Å². The summed E-state index contributed by atoms with van der Waals surface area (Å²) < 4.78 is 0. The lowest BCUT2D eigenvalue weighted by atomic mass is 10.00. The van der Waals surface area contributed by atoms with Crippen molar-refractivity contribution in [3.05, 3.63) is 23.8 Å². The smallest absolute Gasteiger partial charge is 0.0789 e. The van der Waals surface area contributed by atoms with E-state index in [9.17, 15) is 5.11 Å². The van der Waals surface area contributed by atoms with Crippen LogP contribution in [0.5, 0.6) is 0 Å². The van der Waals surface area contributed by atoms with Crippen molar-refractivity contribution in [2.75, 3.05) is 23.3 Å². The van der Waals surface area contributed by atoms with Crippen LogP contribution in [0.3, 0.4) is 0 Å². The zero-order valence-electron chi connectivity index (χ0n) is 12.5. The summed E-state index contributed by atoms with van der Waals surface area (Å²) in [5.41, 5.74) is 2.94. The van der Waals surface area contributed by atoms with Crippen LogP contribution >= 0.6 is 0 Å². The molecular formula is C16H26N2O. The number of rotatable bonds is 4. The minimum atomic E-state index is -0.722. The Morgan fingerprint density at radius 1 is 1.26 bits per heavy atom. The fourth-order valence-corrected chi connectivity index (χ4v) is 2.39. The first-order valence-electron chi connectivity index (χ1n) is 7.22. The number of aliphatic hydroxyl groups is 1. The summed E-state index contributed by atoms with van der Waals surface area (Å²) >= 11 is 0. The summed E-state index contributed by atoms with van der Waals surface area (Å²) in [5, 5.41) is 13.4. The molecule has 1 fully saturated rings. The zero-order valence-corrected chi connectivity index (χ0v) is 12.5. The Labute approximate surface area is 116 Å². The van der Waals surface area contributed by atoms with Gasteiger partial charge in [-0.1, -0.05) is 0 Å². The first-order chi connectivity index (χ1) is 8.88. The van der Waals surface area contributed by atoms with Crippen molar-refractivity contribution in [2.45, 2.75) is 52.2 Å². The fraction of sp³-hybridized carbons (Fsp3) is 0.625. The Hall–Kier alpha value is -1.22. The van der Waals surface area contributed by atoms with E-state index in [1.165, 1.54) is 37.2 Å². The molecule has 1 aromatic carbocycles. The molecule has 2 rings (SSSR count). The van der Waals surface area contributed by atoms with Gasteiger partial charge in [0.1, 0.15) is 0 Å². The highest BCUT2D eigenvalue weighted by Gasteiger charge is 2.22. The third-order valence-corrected chi connectivity index (χ3v) is 4.11. The first kappa shape index (κ1) is 14.2. The van der Waals surface area contributed by atoms with Gasteiger partial charge in [-0.3, -0.25) is 0 Å². The molecule has 2 N–H and O–H groups in total. The van der Waals surface area contributed by atoms with Gasteiger partial charge in [0.05, 0.1) is 11.6 Å². The molecule has 0 bridgehead atoms. The van der Waals surface area contributed by atoms with E-state index in [2.05, 4.69) is 35.3 Å². The predicted octanol–water partition coefficient (Wildman–Crippen LogP) is 3.17. The zero-order chi connectivity index (χ0) is 14.0. The van der Waals surface area contributed by atoms with Crippen LogP contribution in [-0.4, -0.2) is 29.8 Å². The van der Waals surface area contributed by atoms with E-state index in [4.69, 9.17) is 0 Å². The van der Waals surface area contributed by atoms with Crippen LogP contribution in [0.2, 0.25) is 0 Å². The molecule has 0 radical (unpaired) electrons. The van der Waals surface area contributed by atoms with Crippen LogP contribution in [0.15, 0.2) is 18.2 Å². The summed E-state index contributed by atoms with van der Waals surface area (Å²) in [5.74, 6) is 0. The normalized spacial score (nSPS) is 17.6. The van der Waals surface area contributed by atoms with Crippen molar-refractivity contribution < 1.29 is 5.11 Å². The molecule has 0 spiro atoms. The van der Waals surface area contributed by atoms with Gasteiger partial charge < -0.3 is 15.3 Å². The van der Waals surface area contributed by atoms with Gasteiger partial charge in [-0.25, -0.2) is 0 Å². The molecule has 1 aromatic rings. The van der Waals surface area contributed by atoms with Gasteiger partial charge in [-0.15, -0.1) is 0 Å². The lowest BCUT2D eigenvalue weighted by Gasteiger charge is -2.29. The molecule has 19 heavy (non-hydrogen) atoms. The molecule has 3 heteroatoms. The van der Waals surface area contributed by atoms with Crippen LogP contribution in [-0.2, 0) is 0 Å². The number of nitrogens with zero attached hydrogens (tertiary/aromatic N) is 1. The summed E-state index contributed by atoms with van der Waals surface area (Å²) in [7, 11) is 0. The molecule has 0 saturated carbocycles. The standard InChI is InChI=1S/C16H26N2O/c1-12-11-14(18-9-5-6-10-18)7-8-15(12)17-13(2)16(3,4)19/h7-8,11,13,17,19H,5-6,9-10H2,1-4H3. The molecular weight excluding hydrogens is 236 g/mol. The van der Waals surface area contributed by atoms with E-state index < -0.39 is 5.60 Å². The summed E-state index contributed by atoms with van der Waals surface area (Å²) in [4.78, 5) is 2.44. The van der Waals surface area contributed by atoms with Gasteiger partial charge in [0.15, 0.2) is 0 Å². The van der Waals surface area contributed by atoms with Crippen LogP contribution in [0.4, 0.5) is 11.4 Å². The van der Waals surface area contributed by atoms with Gasteiger partial charge in [-0.2, -0.15) is 0 Å². The number of hydrogen-bond donors (Lipinski definition) is 2. The average Bonchev–Trinajstić information content (AvgIpc) is 2.84. The molecule has 1 heterocycles. The van der Waals surface area contributed by atoms with Crippen molar-refractivity contribution in [1.29, 1.82) is 0 Å². The monoisotopic (exact) mass is 262 g/mol. The minimum absolute atomic E-state index is 0.0174. The highest BCUT2D eigenvalue weighted by molar-refractivity contribution is 5.61. The number of aryl methyl sites for hydroxylation is 1. The quantitative estimate of drug-likeness (QED) is 0.875. The van der Waals surface area contributed by atoms with E-state index in [1.54, 1.807) is 0 Å². The van der Waals surface area contributed by atoms with E-state index >= 15 is 0 Å². The predicted molar refractivity (Wildman–Crippen MR) is 82.0 cm³/mol. The van der Waals surface area contributed by atoms with Crippen molar-refractivity contribution in [3.8, 4) is 0 Å². The van der Waals surface area contributed by atoms with Gasteiger partial charge in [-0.05, 0) is 64.3 Å². The molecule has 1 aliphatic rings. The first-order valence-corrected chi connectivity index (χ1v) is 7.22. The molecule has 0 amide bonds. The Kier molecular flexibility index (Phi) is 4.04. The number of benzene rings is 1. The van der Waals surface area contributed by atoms with Crippen LogP contribution in [0.25, 0.3) is 0 Å². The Morgan fingerprint density at radius 2 is 1.89 bits per heavy atom. The molecule has 0 aliphatic carbocycles. The van der Waals surface area contributed by atoms with Gasteiger partial charge in [0.25, 0.3) is 0 Å². The largest absolute Gasteiger partial charge is 0.388 e. The summed E-state index contributed by atoms with van der Waals surface area (Å²) in [6.45, 7) is 10.1. The van der Waals surface area contributed by atoms with Crippen LogP contribution in [0, 0.1) is 6.92 Å². The maximum Gasteiger partial charge on any atom is 0.0789 e. The second-order valence-corrected chi connectivity index (χ2v) is 6.21. The van der Waals surface area contributed by atoms with Gasteiger partial charge in [0.2, 0.25) is 0 Å². The maximum absolute atomic E-state index is 9.99. The second-order valence-electron chi connectivity index (χ2n) is 6.21. The third kappa shape index (κ3) is 3.41. The SMILES string of the molecule is Cc1cc(N2CCCC2)ccc1NC(C)C(C)(C)O. The van der Waals surface area contributed by atoms with Crippen molar-refractivity contribution in [2.24, 2.45) is 0 Å². The second kappa shape index (κ2) is 5.41. The molecule has 0 aromatic heterocycles.